The molecule has 1 fully saturated rings. The fourth-order valence-corrected chi connectivity index (χ4v) is 4.92. The largest absolute Gasteiger partial charge is 0.493 e. The van der Waals surface area contributed by atoms with Crippen molar-refractivity contribution in [2.45, 2.75) is 39.3 Å². The van der Waals surface area contributed by atoms with E-state index >= 15 is 0 Å². The number of nitrogens with zero attached hydrogens (tertiary/aromatic N) is 2. The Labute approximate surface area is 193 Å². The summed E-state index contributed by atoms with van der Waals surface area (Å²) in [7, 11) is 4.89. The Hall–Kier alpha value is -2.77. The number of hydrogen-bond donors (Lipinski definition) is 0. The number of hydrogen-bond acceptors (Lipinski definition) is 6. The molecule has 0 saturated carbocycles. The molecule has 2 aromatic carbocycles. The second-order valence-corrected chi connectivity index (χ2v) is 8.80. The second kappa shape index (κ2) is 9.79. The highest BCUT2D eigenvalue weighted by atomic mass is 32.1. The lowest BCUT2D eigenvalue weighted by atomic mass is 10.1. The monoisotopic (exact) mass is 454 g/mol. The number of benzene rings is 2. The standard InChI is InChI=1S/C25H30N2O4S/c1-16-8-9-17(2)20(11-16)26-25-27(14-19-7-6-10-31-19)21(15-32-25)18-12-22(28-3)24(30-5)23(13-18)29-4/h8-9,11-13,15,19H,6-7,10,14H2,1-5H3/t19-/m0/s1. The minimum Gasteiger partial charge on any atom is -0.493 e. The van der Waals surface area contributed by atoms with Crippen molar-refractivity contribution in [2.75, 3.05) is 27.9 Å². The van der Waals surface area contributed by atoms with Crippen LogP contribution in [0, 0.1) is 13.8 Å². The van der Waals surface area contributed by atoms with Crippen molar-refractivity contribution < 1.29 is 18.9 Å². The Morgan fingerprint density at radius 1 is 1.06 bits per heavy atom. The van der Waals surface area contributed by atoms with Gasteiger partial charge in [-0.1, -0.05) is 12.1 Å². The molecule has 32 heavy (non-hydrogen) atoms. The molecule has 1 saturated heterocycles. The molecule has 7 heteroatoms. The summed E-state index contributed by atoms with van der Waals surface area (Å²) in [6.07, 6.45) is 2.33. The van der Waals surface area contributed by atoms with Gasteiger partial charge in [0.25, 0.3) is 0 Å². The fraction of sp³-hybridized carbons (Fsp3) is 0.400. The van der Waals surface area contributed by atoms with E-state index in [1.165, 1.54) is 5.56 Å². The molecular formula is C25H30N2O4S. The Morgan fingerprint density at radius 3 is 2.44 bits per heavy atom. The van der Waals surface area contributed by atoms with Gasteiger partial charge < -0.3 is 23.5 Å². The van der Waals surface area contributed by atoms with Crippen LogP contribution in [0.3, 0.4) is 0 Å². The van der Waals surface area contributed by atoms with E-state index in [1.807, 2.05) is 12.1 Å². The minimum atomic E-state index is 0.183. The van der Waals surface area contributed by atoms with E-state index in [9.17, 15) is 0 Å². The highest BCUT2D eigenvalue weighted by Gasteiger charge is 2.21. The van der Waals surface area contributed by atoms with Crippen LogP contribution in [0.15, 0.2) is 40.7 Å². The predicted octanol–water partition coefficient (Wildman–Crippen LogP) is 5.27. The molecule has 2 heterocycles. The summed E-state index contributed by atoms with van der Waals surface area (Å²) in [6.45, 7) is 5.75. The maximum Gasteiger partial charge on any atom is 0.203 e. The van der Waals surface area contributed by atoms with Crippen LogP contribution in [-0.2, 0) is 11.3 Å². The quantitative estimate of drug-likeness (QED) is 0.488. The van der Waals surface area contributed by atoms with Crippen LogP contribution in [0.1, 0.15) is 24.0 Å². The molecule has 1 aliphatic rings. The molecule has 1 aromatic heterocycles. The Balaban J connectivity index is 1.88. The summed E-state index contributed by atoms with van der Waals surface area (Å²) in [5.41, 5.74) is 5.37. The third-order valence-corrected chi connectivity index (χ3v) is 6.61. The van der Waals surface area contributed by atoms with E-state index < -0.39 is 0 Å². The lowest BCUT2D eigenvalue weighted by Crippen LogP contribution is -2.24. The summed E-state index contributed by atoms with van der Waals surface area (Å²) in [6, 6.07) is 10.3. The zero-order valence-electron chi connectivity index (χ0n) is 19.3. The van der Waals surface area contributed by atoms with Crippen LogP contribution in [0.2, 0.25) is 0 Å². The number of rotatable bonds is 7. The average molecular weight is 455 g/mol. The van der Waals surface area contributed by atoms with E-state index in [1.54, 1.807) is 32.7 Å². The lowest BCUT2D eigenvalue weighted by molar-refractivity contribution is 0.0968. The molecule has 170 valence electrons. The van der Waals surface area contributed by atoms with Crippen LogP contribution in [0.25, 0.3) is 11.3 Å². The van der Waals surface area contributed by atoms with Gasteiger partial charge in [0.2, 0.25) is 5.75 Å². The normalized spacial score (nSPS) is 16.4. The molecule has 0 N–H and O–H groups in total. The first-order valence-corrected chi connectivity index (χ1v) is 11.6. The molecule has 0 aliphatic carbocycles. The Kier molecular flexibility index (Phi) is 6.86. The van der Waals surface area contributed by atoms with Gasteiger partial charge in [0, 0.05) is 17.6 Å². The van der Waals surface area contributed by atoms with Crippen molar-refractivity contribution in [1.82, 2.24) is 4.57 Å². The van der Waals surface area contributed by atoms with E-state index in [0.717, 1.165) is 53.3 Å². The van der Waals surface area contributed by atoms with Gasteiger partial charge in [-0.05, 0) is 56.0 Å². The number of aromatic nitrogens is 1. The van der Waals surface area contributed by atoms with Gasteiger partial charge in [-0.3, -0.25) is 0 Å². The highest BCUT2D eigenvalue weighted by molar-refractivity contribution is 7.07. The molecule has 0 radical (unpaired) electrons. The number of thiazole rings is 1. The zero-order chi connectivity index (χ0) is 22.7. The van der Waals surface area contributed by atoms with Crippen LogP contribution in [-0.4, -0.2) is 38.6 Å². The van der Waals surface area contributed by atoms with Crippen LogP contribution in [0.5, 0.6) is 17.2 Å². The van der Waals surface area contributed by atoms with E-state index in [-0.39, 0.29) is 6.10 Å². The first-order valence-electron chi connectivity index (χ1n) is 10.8. The van der Waals surface area contributed by atoms with Gasteiger partial charge >= 0.3 is 0 Å². The topological polar surface area (TPSA) is 54.2 Å². The summed E-state index contributed by atoms with van der Waals surface area (Å²) < 4.78 is 24.9. The molecular weight excluding hydrogens is 424 g/mol. The zero-order valence-corrected chi connectivity index (χ0v) is 20.1. The van der Waals surface area contributed by atoms with Crippen molar-refractivity contribution in [2.24, 2.45) is 4.99 Å². The molecule has 4 rings (SSSR count). The van der Waals surface area contributed by atoms with Crippen molar-refractivity contribution >= 4 is 17.0 Å². The van der Waals surface area contributed by atoms with Crippen molar-refractivity contribution in [1.29, 1.82) is 0 Å². The van der Waals surface area contributed by atoms with E-state index in [4.69, 9.17) is 23.9 Å². The molecule has 3 aromatic rings. The van der Waals surface area contributed by atoms with Crippen LogP contribution in [0.4, 0.5) is 5.69 Å². The van der Waals surface area contributed by atoms with Crippen LogP contribution < -0.4 is 19.0 Å². The first-order chi connectivity index (χ1) is 15.5. The van der Waals surface area contributed by atoms with Crippen molar-refractivity contribution in [3.05, 3.63) is 51.6 Å². The molecule has 0 bridgehead atoms. The summed E-state index contributed by atoms with van der Waals surface area (Å²) in [5.74, 6) is 1.84. The summed E-state index contributed by atoms with van der Waals surface area (Å²) in [4.78, 5) is 5.99. The van der Waals surface area contributed by atoms with Crippen molar-refractivity contribution in [3.8, 4) is 28.5 Å². The highest BCUT2D eigenvalue weighted by Crippen LogP contribution is 2.41. The number of aryl methyl sites for hydroxylation is 2. The van der Waals surface area contributed by atoms with Gasteiger partial charge in [0.15, 0.2) is 16.3 Å². The first kappa shape index (κ1) is 22.4. The Bertz CT molecular complexity index is 1130. The molecule has 1 atom stereocenters. The maximum atomic E-state index is 5.96. The predicted molar refractivity (Wildman–Crippen MR) is 128 cm³/mol. The minimum absolute atomic E-state index is 0.183. The maximum absolute atomic E-state index is 5.96. The summed E-state index contributed by atoms with van der Waals surface area (Å²) >= 11 is 1.63. The molecule has 6 nitrogen and oxygen atoms in total. The van der Waals surface area contributed by atoms with E-state index in [0.29, 0.717) is 17.2 Å². The molecule has 0 spiro atoms. The van der Waals surface area contributed by atoms with Gasteiger partial charge in [-0.2, -0.15) is 0 Å². The Morgan fingerprint density at radius 2 is 1.81 bits per heavy atom. The molecule has 0 amide bonds. The lowest BCUT2D eigenvalue weighted by Gasteiger charge is -2.17. The van der Waals surface area contributed by atoms with Gasteiger partial charge in [-0.15, -0.1) is 11.3 Å². The third kappa shape index (κ3) is 4.54. The molecule has 0 unspecified atom stereocenters. The molecule has 1 aliphatic heterocycles. The average Bonchev–Trinajstić information content (AvgIpc) is 3.46. The number of methoxy groups -OCH3 is 3. The fourth-order valence-electron chi connectivity index (χ4n) is 3.99. The summed E-state index contributed by atoms with van der Waals surface area (Å²) in [5, 5.41) is 2.14. The van der Waals surface area contributed by atoms with Crippen LogP contribution >= 0.6 is 11.3 Å². The van der Waals surface area contributed by atoms with Gasteiger partial charge in [0.1, 0.15) is 0 Å². The van der Waals surface area contributed by atoms with E-state index in [2.05, 4.69) is 42.0 Å². The second-order valence-electron chi connectivity index (χ2n) is 7.96. The number of ether oxygens (including phenoxy) is 4. The van der Waals surface area contributed by atoms with Gasteiger partial charge in [0.05, 0.1) is 45.4 Å². The van der Waals surface area contributed by atoms with Gasteiger partial charge in [-0.25, -0.2) is 4.99 Å². The SMILES string of the molecule is COc1cc(-c2csc(=Nc3cc(C)ccc3C)n2C[C@@H]2CCCO2)cc(OC)c1OC. The van der Waals surface area contributed by atoms with Crippen molar-refractivity contribution in [3.63, 3.8) is 0 Å². The third-order valence-electron chi connectivity index (χ3n) is 5.75. The smallest absolute Gasteiger partial charge is 0.203 e.